The van der Waals surface area contributed by atoms with Crippen LogP contribution in [0.3, 0.4) is 0 Å². The monoisotopic (exact) mass is 307 g/mol. The molecule has 3 rings (SSSR count). The number of para-hydroxylation sites is 3. The van der Waals surface area contributed by atoms with E-state index in [0.29, 0.717) is 11.4 Å². The van der Waals surface area contributed by atoms with Crippen LogP contribution in [-0.4, -0.2) is 24.3 Å². The highest BCUT2D eigenvalue weighted by Gasteiger charge is 2.13. The molecule has 0 aliphatic heterocycles. The summed E-state index contributed by atoms with van der Waals surface area (Å²) in [5.74, 6) is 0.407. The number of H-pyrrole nitrogens is 1. The van der Waals surface area contributed by atoms with E-state index in [0.717, 1.165) is 16.5 Å². The number of guanidine groups is 1. The Morgan fingerprint density at radius 3 is 2.74 bits per heavy atom. The second kappa shape index (κ2) is 6.23. The Bertz CT molecular complexity index is 868. The molecule has 0 radical (unpaired) electrons. The Morgan fingerprint density at radius 2 is 1.96 bits per heavy atom. The van der Waals surface area contributed by atoms with Gasteiger partial charge in [-0.2, -0.15) is 10.1 Å². The van der Waals surface area contributed by atoms with Gasteiger partial charge in [-0.25, -0.2) is 0 Å². The Balaban J connectivity index is 1.98. The van der Waals surface area contributed by atoms with Crippen LogP contribution in [0.1, 0.15) is 5.56 Å². The third-order valence-electron chi connectivity index (χ3n) is 3.48. The van der Waals surface area contributed by atoms with Gasteiger partial charge >= 0.3 is 0 Å². The molecule has 0 amide bonds. The van der Waals surface area contributed by atoms with Gasteiger partial charge in [0.2, 0.25) is 5.96 Å². The van der Waals surface area contributed by atoms with E-state index in [9.17, 15) is 0 Å². The van der Waals surface area contributed by atoms with Crippen LogP contribution in [-0.2, 0) is 0 Å². The summed E-state index contributed by atoms with van der Waals surface area (Å²) in [7, 11) is 1.57. The zero-order valence-corrected chi connectivity index (χ0v) is 12.7. The Labute approximate surface area is 133 Å². The molecule has 0 atom stereocenters. The minimum atomic E-state index is -0.189. The second-order valence-corrected chi connectivity index (χ2v) is 4.90. The van der Waals surface area contributed by atoms with Gasteiger partial charge in [0.1, 0.15) is 11.4 Å². The number of methoxy groups -OCH3 is 1. The molecule has 3 aromatic rings. The Hall–Kier alpha value is -3.28. The highest BCUT2D eigenvalue weighted by atomic mass is 16.5. The average Bonchev–Trinajstić information content (AvgIpc) is 2.98. The number of hydrogen-bond acceptors (Lipinski definition) is 3. The lowest BCUT2D eigenvalue weighted by molar-refractivity contribution is 0.415. The highest BCUT2D eigenvalue weighted by Crippen LogP contribution is 2.27. The number of ether oxygens (including phenoxy) is 1. The predicted octanol–water partition coefficient (Wildman–Crippen LogP) is 2.91. The van der Waals surface area contributed by atoms with Crippen molar-refractivity contribution in [1.82, 2.24) is 4.98 Å². The standard InChI is InChI=1S/C17H17N5O/c1-23-16-9-5-4-8-15(16)22(17(18)19)21-11-12-10-20-14-7-3-2-6-13(12)14/h2-11,20H,1H3,(H3,18,19)/b21-11-. The summed E-state index contributed by atoms with van der Waals surface area (Å²) < 4.78 is 5.31. The molecule has 0 saturated heterocycles. The molecule has 0 aliphatic rings. The van der Waals surface area contributed by atoms with Crippen LogP contribution in [0.4, 0.5) is 5.69 Å². The van der Waals surface area contributed by atoms with Crippen molar-refractivity contribution in [3.63, 3.8) is 0 Å². The van der Waals surface area contributed by atoms with Gasteiger partial charge < -0.3 is 15.5 Å². The van der Waals surface area contributed by atoms with Crippen LogP contribution in [0.15, 0.2) is 59.8 Å². The molecule has 116 valence electrons. The fourth-order valence-electron chi connectivity index (χ4n) is 2.38. The van der Waals surface area contributed by atoms with Crippen molar-refractivity contribution in [2.45, 2.75) is 0 Å². The fraction of sp³-hybridized carbons (Fsp3) is 0.0588. The van der Waals surface area contributed by atoms with E-state index >= 15 is 0 Å². The highest BCUT2D eigenvalue weighted by molar-refractivity contribution is 6.01. The fourth-order valence-corrected chi connectivity index (χ4v) is 2.38. The van der Waals surface area contributed by atoms with Crippen molar-refractivity contribution in [1.29, 1.82) is 5.41 Å². The van der Waals surface area contributed by atoms with E-state index in [1.807, 2.05) is 42.6 Å². The summed E-state index contributed by atoms with van der Waals surface area (Å²) in [5, 5.41) is 14.5. The van der Waals surface area contributed by atoms with E-state index in [4.69, 9.17) is 15.9 Å². The van der Waals surface area contributed by atoms with E-state index in [-0.39, 0.29) is 5.96 Å². The topological polar surface area (TPSA) is 90.5 Å². The third-order valence-corrected chi connectivity index (χ3v) is 3.48. The first-order valence-electron chi connectivity index (χ1n) is 7.08. The van der Waals surface area contributed by atoms with Crippen molar-refractivity contribution in [3.8, 4) is 5.75 Å². The van der Waals surface area contributed by atoms with Crippen LogP contribution >= 0.6 is 0 Å². The van der Waals surface area contributed by atoms with Crippen LogP contribution in [0, 0.1) is 5.41 Å². The summed E-state index contributed by atoms with van der Waals surface area (Å²) in [4.78, 5) is 3.18. The minimum absolute atomic E-state index is 0.189. The van der Waals surface area contributed by atoms with Crippen LogP contribution in [0.5, 0.6) is 5.75 Å². The summed E-state index contributed by atoms with van der Waals surface area (Å²) >= 11 is 0. The molecule has 0 spiro atoms. The van der Waals surface area contributed by atoms with Gasteiger partial charge in [-0.05, 0) is 18.2 Å². The number of benzene rings is 2. The number of aromatic nitrogens is 1. The number of rotatable bonds is 4. The van der Waals surface area contributed by atoms with Gasteiger partial charge in [-0.15, -0.1) is 0 Å². The smallest absolute Gasteiger partial charge is 0.214 e. The maximum Gasteiger partial charge on any atom is 0.214 e. The van der Waals surface area contributed by atoms with Gasteiger partial charge in [0.05, 0.1) is 13.3 Å². The number of nitrogens with two attached hydrogens (primary N) is 1. The molecule has 6 heteroatoms. The molecular weight excluding hydrogens is 290 g/mol. The Morgan fingerprint density at radius 1 is 1.22 bits per heavy atom. The lowest BCUT2D eigenvalue weighted by atomic mass is 10.2. The first-order chi connectivity index (χ1) is 11.2. The number of anilines is 1. The Kier molecular flexibility index (Phi) is 3.97. The number of fused-ring (bicyclic) bond motifs is 1. The summed E-state index contributed by atoms with van der Waals surface area (Å²) in [6.07, 6.45) is 3.54. The summed E-state index contributed by atoms with van der Waals surface area (Å²) in [5.41, 5.74) is 8.23. The first kappa shape index (κ1) is 14.6. The first-order valence-corrected chi connectivity index (χ1v) is 7.08. The number of nitrogens with one attached hydrogen (secondary N) is 2. The van der Waals surface area contributed by atoms with Crippen molar-refractivity contribution in [3.05, 3.63) is 60.3 Å². The average molecular weight is 307 g/mol. The van der Waals surface area contributed by atoms with Crippen molar-refractivity contribution in [2.75, 3.05) is 12.1 Å². The molecule has 1 aromatic heterocycles. The van der Waals surface area contributed by atoms with Crippen molar-refractivity contribution in [2.24, 2.45) is 10.8 Å². The van der Waals surface area contributed by atoms with E-state index in [1.165, 1.54) is 5.01 Å². The SMILES string of the molecule is COc1ccccc1N(/N=C\c1c[nH]c2ccccc12)C(=N)N. The predicted molar refractivity (Wildman–Crippen MR) is 93.3 cm³/mol. The van der Waals surface area contributed by atoms with Gasteiger partial charge in [0.25, 0.3) is 0 Å². The maximum absolute atomic E-state index is 7.78. The van der Waals surface area contributed by atoms with Crippen LogP contribution in [0.25, 0.3) is 10.9 Å². The molecule has 2 aromatic carbocycles. The molecule has 4 N–H and O–H groups in total. The van der Waals surface area contributed by atoms with E-state index in [1.54, 1.807) is 25.5 Å². The molecule has 0 bridgehead atoms. The molecule has 23 heavy (non-hydrogen) atoms. The van der Waals surface area contributed by atoms with Gasteiger partial charge in [-0.1, -0.05) is 30.3 Å². The summed E-state index contributed by atoms with van der Waals surface area (Å²) in [6, 6.07) is 15.2. The molecule has 0 fully saturated rings. The summed E-state index contributed by atoms with van der Waals surface area (Å²) in [6.45, 7) is 0. The van der Waals surface area contributed by atoms with Crippen molar-refractivity contribution >= 4 is 28.8 Å². The molecular formula is C17H17N5O. The minimum Gasteiger partial charge on any atom is -0.494 e. The number of aromatic amines is 1. The second-order valence-electron chi connectivity index (χ2n) is 4.90. The lowest BCUT2D eigenvalue weighted by Crippen LogP contribution is -2.32. The van der Waals surface area contributed by atoms with Gasteiger partial charge in [-0.3, -0.25) is 5.41 Å². The maximum atomic E-state index is 7.78. The third kappa shape index (κ3) is 2.87. The molecule has 0 aliphatic carbocycles. The van der Waals surface area contributed by atoms with Crippen molar-refractivity contribution < 1.29 is 4.74 Å². The van der Waals surface area contributed by atoms with E-state index in [2.05, 4.69) is 10.1 Å². The number of hydrogen-bond donors (Lipinski definition) is 3. The lowest BCUT2D eigenvalue weighted by Gasteiger charge is -2.18. The van der Waals surface area contributed by atoms with Crippen LogP contribution in [0.2, 0.25) is 0 Å². The van der Waals surface area contributed by atoms with Gasteiger partial charge in [0.15, 0.2) is 0 Å². The number of hydrazone groups is 1. The molecule has 0 unspecified atom stereocenters. The molecule has 0 saturated carbocycles. The van der Waals surface area contributed by atoms with E-state index < -0.39 is 0 Å². The quantitative estimate of drug-likeness (QED) is 0.393. The molecule has 1 heterocycles. The largest absolute Gasteiger partial charge is 0.494 e. The number of nitrogens with zero attached hydrogens (tertiary/aromatic N) is 2. The zero-order chi connectivity index (χ0) is 16.2. The van der Waals surface area contributed by atoms with Gasteiger partial charge in [0, 0.05) is 22.7 Å². The zero-order valence-electron chi connectivity index (χ0n) is 12.7. The van der Waals surface area contributed by atoms with Crippen LogP contribution < -0.4 is 15.5 Å². The normalized spacial score (nSPS) is 11.0. The molecule has 6 nitrogen and oxygen atoms in total.